The standard InChI is InChI=1S/C11H20N2O2S/c1-3-11(4-5-11)7-12-10(15)9(6-16)13-8(2)14/h9,16H,3-7H2,1-2H3,(H,12,15)(H,13,14). The second-order valence-corrected chi connectivity index (χ2v) is 4.87. The maximum atomic E-state index is 11.7. The summed E-state index contributed by atoms with van der Waals surface area (Å²) in [6, 6.07) is -0.520. The van der Waals surface area contributed by atoms with Gasteiger partial charge in [0.05, 0.1) is 0 Å². The van der Waals surface area contributed by atoms with Crippen LogP contribution in [0.3, 0.4) is 0 Å². The molecule has 0 saturated heterocycles. The third-order valence-corrected chi connectivity index (χ3v) is 3.59. The van der Waals surface area contributed by atoms with E-state index >= 15 is 0 Å². The van der Waals surface area contributed by atoms with Gasteiger partial charge in [0.25, 0.3) is 0 Å². The molecule has 0 spiro atoms. The Morgan fingerprint density at radius 3 is 2.44 bits per heavy atom. The summed E-state index contributed by atoms with van der Waals surface area (Å²) in [6.45, 7) is 4.26. The lowest BCUT2D eigenvalue weighted by Crippen LogP contribution is -2.48. The number of nitrogens with one attached hydrogen (secondary N) is 2. The monoisotopic (exact) mass is 244 g/mol. The SMILES string of the molecule is CCC1(CNC(=O)C(CS)NC(C)=O)CC1. The maximum absolute atomic E-state index is 11.7. The van der Waals surface area contributed by atoms with Gasteiger partial charge in [-0.05, 0) is 24.7 Å². The van der Waals surface area contributed by atoms with E-state index in [1.807, 2.05) is 0 Å². The molecule has 0 heterocycles. The predicted molar refractivity (Wildman–Crippen MR) is 66.4 cm³/mol. The van der Waals surface area contributed by atoms with Crippen molar-refractivity contribution in [2.75, 3.05) is 12.3 Å². The molecule has 1 aliphatic carbocycles. The van der Waals surface area contributed by atoms with E-state index in [0.717, 1.165) is 6.42 Å². The Balaban J connectivity index is 2.35. The first kappa shape index (κ1) is 13.4. The minimum Gasteiger partial charge on any atom is -0.354 e. The van der Waals surface area contributed by atoms with E-state index in [2.05, 4.69) is 30.2 Å². The largest absolute Gasteiger partial charge is 0.354 e. The fourth-order valence-electron chi connectivity index (χ4n) is 1.67. The molecule has 0 bridgehead atoms. The Morgan fingerprint density at radius 2 is 2.06 bits per heavy atom. The van der Waals surface area contributed by atoms with Crippen LogP contribution < -0.4 is 10.6 Å². The number of hydrogen-bond acceptors (Lipinski definition) is 3. The van der Waals surface area contributed by atoms with Crippen molar-refractivity contribution < 1.29 is 9.59 Å². The van der Waals surface area contributed by atoms with Gasteiger partial charge in [-0.15, -0.1) is 0 Å². The van der Waals surface area contributed by atoms with Gasteiger partial charge in [0, 0.05) is 19.2 Å². The van der Waals surface area contributed by atoms with Gasteiger partial charge in [-0.25, -0.2) is 0 Å². The lowest BCUT2D eigenvalue weighted by Gasteiger charge is -2.18. The van der Waals surface area contributed by atoms with Crippen LogP contribution >= 0.6 is 12.6 Å². The van der Waals surface area contributed by atoms with Gasteiger partial charge >= 0.3 is 0 Å². The van der Waals surface area contributed by atoms with Gasteiger partial charge in [-0.2, -0.15) is 12.6 Å². The molecule has 2 amide bonds. The summed E-state index contributed by atoms with van der Waals surface area (Å²) < 4.78 is 0. The Bertz CT molecular complexity index is 277. The van der Waals surface area contributed by atoms with Crippen molar-refractivity contribution in [3.05, 3.63) is 0 Å². The van der Waals surface area contributed by atoms with E-state index in [1.165, 1.54) is 19.8 Å². The first-order valence-electron chi connectivity index (χ1n) is 5.68. The molecule has 1 fully saturated rings. The minimum absolute atomic E-state index is 0.134. The van der Waals surface area contributed by atoms with Crippen LogP contribution in [-0.4, -0.2) is 30.2 Å². The molecule has 1 aliphatic rings. The molecule has 16 heavy (non-hydrogen) atoms. The molecule has 0 aromatic heterocycles. The number of carbonyl (C=O) groups excluding carboxylic acids is 2. The van der Waals surface area contributed by atoms with Gasteiger partial charge in [-0.3, -0.25) is 9.59 Å². The van der Waals surface area contributed by atoms with Crippen LogP contribution in [0.15, 0.2) is 0 Å². The van der Waals surface area contributed by atoms with Crippen LogP contribution in [0.25, 0.3) is 0 Å². The van der Waals surface area contributed by atoms with E-state index in [9.17, 15) is 9.59 Å². The lowest BCUT2D eigenvalue weighted by molar-refractivity contribution is -0.127. The molecule has 92 valence electrons. The molecule has 0 aromatic carbocycles. The summed E-state index contributed by atoms with van der Waals surface area (Å²) in [5, 5.41) is 5.47. The normalized spacial score (nSPS) is 18.7. The molecule has 1 saturated carbocycles. The molecule has 2 N–H and O–H groups in total. The number of carbonyl (C=O) groups is 2. The molecule has 1 rings (SSSR count). The quantitative estimate of drug-likeness (QED) is 0.603. The van der Waals surface area contributed by atoms with Gasteiger partial charge < -0.3 is 10.6 Å². The van der Waals surface area contributed by atoms with E-state index in [-0.39, 0.29) is 11.8 Å². The summed E-state index contributed by atoms with van der Waals surface area (Å²) in [5.74, 6) is -0.0133. The van der Waals surface area contributed by atoms with E-state index in [0.29, 0.717) is 17.7 Å². The average Bonchev–Trinajstić information content (AvgIpc) is 3.03. The Morgan fingerprint density at radius 1 is 1.44 bits per heavy atom. The second-order valence-electron chi connectivity index (χ2n) is 4.51. The van der Waals surface area contributed by atoms with Crippen LogP contribution in [0.5, 0.6) is 0 Å². The van der Waals surface area contributed by atoms with Crippen LogP contribution in [-0.2, 0) is 9.59 Å². The highest BCUT2D eigenvalue weighted by atomic mass is 32.1. The fourth-order valence-corrected chi connectivity index (χ4v) is 1.93. The molecule has 0 aromatic rings. The number of amides is 2. The highest BCUT2D eigenvalue weighted by Gasteiger charge is 2.40. The van der Waals surface area contributed by atoms with Crippen molar-refractivity contribution in [3.8, 4) is 0 Å². The third kappa shape index (κ3) is 3.70. The van der Waals surface area contributed by atoms with E-state index in [1.54, 1.807) is 0 Å². The second kappa shape index (κ2) is 5.57. The Hall–Kier alpha value is -0.710. The van der Waals surface area contributed by atoms with Crippen LogP contribution in [0.1, 0.15) is 33.1 Å². The molecule has 0 aliphatic heterocycles. The zero-order chi connectivity index (χ0) is 12.2. The molecule has 4 nitrogen and oxygen atoms in total. The van der Waals surface area contributed by atoms with Gasteiger partial charge in [0.15, 0.2) is 0 Å². The zero-order valence-corrected chi connectivity index (χ0v) is 10.8. The molecular formula is C11H20N2O2S. The van der Waals surface area contributed by atoms with Gasteiger partial charge in [0.1, 0.15) is 6.04 Å². The summed E-state index contributed by atoms with van der Waals surface area (Å²) in [4.78, 5) is 22.6. The summed E-state index contributed by atoms with van der Waals surface area (Å²) >= 11 is 4.06. The molecular weight excluding hydrogens is 224 g/mol. The maximum Gasteiger partial charge on any atom is 0.243 e. The highest BCUT2D eigenvalue weighted by molar-refractivity contribution is 7.80. The summed E-state index contributed by atoms with van der Waals surface area (Å²) in [7, 11) is 0. The fraction of sp³-hybridized carbons (Fsp3) is 0.818. The predicted octanol–water partition coefficient (Wildman–Crippen LogP) is 0.727. The van der Waals surface area contributed by atoms with Crippen LogP contribution in [0, 0.1) is 5.41 Å². The minimum atomic E-state index is -0.520. The molecule has 0 radical (unpaired) electrons. The van der Waals surface area contributed by atoms with Gasteiger partial charge in [-0.1, -0.05) is 6.92 Å². The lowest BCUT2D eigenvalue weighted by atomic mass is 10.0. The van der Waals surface area contributed by atoms with Crippen molar-refractivity contribution in [1.82, 2.24) is 10.6 Å². The van der Waals surface area contributed by atoms with Crippen molar-refractivity contribution in [2.45, 2.75) is 39.2 Å². The van der Waals surface area contributed by atoms with E-state index in [4.69, 9.17) is 0 Å². The highest BCUT2D eigenvalue weighted by Crippen LogP contribution is 2.47. The topological polar surface area (TPSA) is 58.2 Å². The average molecular weight is 244 g/mol. The molecule has 5 heteroatoms. The first-order valence-corrected chi connectivity index (χ1v) is 6.32. The number of hydrogen-bond donors (Lipinski definition) is 3. The van der Waals surface area contributed by atoms with Crippen molar-refractivity contribution in [2.24, 2.45) is 5.41 Å². The van der Waals surface area contributed by atoms with Crippen molar-refractivity contribution in [1.29, 1.82) is 0 Å². The smallest absolute Gasteiger partial charge is 0.243 e. The van der Waals surface area contributed by atoms with Crippen molar-refractivity contribution in [3.63, 3.8) is 0 Å². The van der Waals surface area contributed by atoms with Crippen molar-refractivity contribution >= 4 is 24.4 Å². The van der Waals surface area contributed by atoms with Gasteiger partial charge in [0.2, 0.25) is 11.8 Å². The molecule has 1 unspecified atom stereocenters. The zero-order valence-electron chi connectivity index (χ0n) is 9.88. The Labute approximate surface area is 102 Å². The third-order valence-electron chi connectivity index (χ3n) is 3.22. The Kier molecular flexibility index (Phi) is 4.65. The summed E-state index contributed by atoms with van der Waals surface area (Å²) in [5.41, 5.74) is 0.326. The number of thiol groups is 1. The van der Waals surface area contributed by atoms with E-state index < -0.39 is 6.04 Å². The van der Waals surface area contributed by atoms with Crippen LogP contribution in [0.4, 0.5) is 0 Å². The summed E-state index contributed by atoms with van der Waals surface area (Å²) in [6.07, 6.45) is 3.48. The number of rotatable bonds is 6. The molecule has 1 atom stereocenters. The van der Waals surface area contributed by atoms with Crippen LogP contribution in [0.2, 0.25) is 0 Å². The first-order chi connectivity index (χ1) is 7.53.